The summed E-state index contributed by atoms with van der Waals surface area (Å²) in [6.45, 7) is 7.21. The van der Waals surface area contributed by atoms with Crippen molar-refractivity contribution >= 4 is 27.3 Å². The van der Waals surface area contributed by atoms with Crippen molar-refractivity contribution in [2.75, 3.05) is 23.3 Å². The Kier molecular flexibility index (Phi) is 6.89. The lowest BCUT2D eigenvalue weighted by atomic mass is 10.1. The first-order valence-electron chi connectivity index (χ1n) is 10.2. The van der Waals surface area contributed by atoms with Crippen LogP contribution in [0.25, 0.3) is 0 Å². The maximum Gasteiger partial charge on any atom is 0.268 e. The first-order valence-corrected chi connectivity index (χ1v) is 11.7. The largest absolute Gasteiger partial charge is 0.495 e. The van der Waals surface area contributed by atoms with E-state index in [2.05, 4.69) is 5.32 Å². The number of nitrogens with zero attached hydrogens (tertiary/aromatic N) is 1. The van der Waals surface area contributed by atoms with Crippen molar-refractivity contribution in [1.29, 1.82) is 0 Å². The lowest BCUT2D eigenvalue weighted by molar-refractivity contribution is -0.114. The minimum absolute atomic E-state index is 0.0154. The predicted molar refractivity (Wildman–Crippen MR) is 128 cm³/mol. The Morgan fingerprint density at radius 1 is 0.906 bits per heavy atom. The molecule has 0 spiro atoms. The van der Waals surface area contributed by atoms with Gasteiger partial charge in [-0.3, -0.25) is 9.10 Å². The Bertz CT molecular complexity index is 1250. The third kappa shape index (κ3) is 5.11. The molecule has 0 saturated carbocycles. The number of anilines is 2. The van der Waals surface area contributed by atoms with Gasteiger partial charge < -0.3 is 10.1 Å². The second-order valence-electron chi connectivity index (χ2n) is 7.85. The summed E-state index contributed by atoms with van der Waals surface area (Å²) in [5.74, 6) is -0.215. The smallest absolute Gasteiger partial charge is 0.268 e. The van der Waals surface area contributed by atoms with Gasteiger partial charge in [0.15, 0.2) is 0 Å². The van der Waals surface area contributed by atoms with Gasteiger partial charge in [-0.15, -0.1) is 0 Å². The lowest BCUT2D eigenvalue weighted by Gasteiger charge is -2.26. The van der Waals surface area contributed by atoms with Crippen LogP contribution in [0.2, 0.25) is 0 Å². The maximum absolute atomic E-state index is 13.8. The number of methoxy groups -OCH3 is 1. The summed E-state index contributed by atoms with van der Waals surface area (Å²) in [6, 6.07) is 17.6. The van der Waals surface area contributed by atoms with Crippen LogP contribution in [0.15, 0.2) is 65.6 Å². The average Bonchev–Trinajstić information content (AvgIpc) is 2.74. The molecule has 0 aliphatic rings. The molecule has 1 amide bonds. The number of amides is 1. The predicted octanol–water partition coefficient (Wildman–Crippen LogP) is 4.76. The van der Waals surface area contributed by atoms with Crippen LogP contribution in [-0.2, 0) is 14.8 Å². The molecule has 1 N–H and O–H groups in total. The first kappa shape index (κ1) is 23.3. The number of ether oxygens (including phenoxy) is 1. The Morgan fingerprint density at radius 3 is 2.28 bits per heavy atom. The number of carbonyl (C=O) groups is 1. The highest BCUT2D eigenvalue weighted by atomic mass is 32.2. The van der Waals surface area contributed by atoms with E-state index < -0.39 is 15.9 Å². The van der Waals surface area contributed by atoms with Gasteiger partial charge in [0.05, 0.1) is 12.8 Å². The molecular weight excluding hydrogens is 424 g/mol. The van der Waals surface area contributed by atoms with Crippen LogP contribution in [0.4, 0.5) is 11.4 Å². The Labute approximate surface area is 189 Å². The Hall–Kier alpha value is -3.32. The summed E-state index contributed by atoms with van der Waals surface area (Å²) in [7, 11) is -2.67. The van der Waals surface area contributed by atoms with E-state index in [1.54, 1.807) is 36.4 Å². The van der Waals surface area contributed by atoms with Gasteiger partial charge in [0, 0.05) is 5.69 Å². The van der Waals surface area contributed by atoms with Crippen molar-refractivity contribution in [2.45, 2.75) is 32.6 Å². The van der Waals surface area contributed by atoms with Crippen molar-refractivity contribution in [3.63, 3.8) is 0 Å². The summed E-state index contributed by atoms with van der Waals surface area (Å²) in [5, 5.41) is 2.80. The molecule has 3 aromatic carbocycles. The number of rotatable bonds is 7. The molecule has 0 radical (unpaired) electrons. The minimum Gasteiger partial charge on any atom is -0.495 e. The van der Waals surface area contributed by atoms with Crippen LogP contribution in [0, 0.1) is 27.7 Å². The lowest BCUT2D eigenvalue weighted by Crippen LogP contribution is -2.38. The van der Waals surface area contributed by atoms with Gasteiger partial charge in [0.2, 0.25) is 5.91 Å². The van der Waals surface area contributed by atoms with Crippen molar-refractivity contribution in [2.24, 2.45) is 0 Å². The van der Waals surface area contributed by atoms with Gasteiger partial charge in [-0.1, -0.05) is 24.3 Å². The second-order valence-corrected chi connectivity index (χ2v) is 9.68. The fourth-order valence-electron chi connectivity index (χ4n) is 3.35. The molecule has 0 unspecified atom stereocenters. The summed E-state index contributed by atoms with van der Waals surface area (Å²) in [6.07, 6.45) is 0. The van der Waals surface area contributed by atoms with Gasteiger partial charge in [-0.2, -0.15) is 0 Å². The van der Waals surface area contributed by atoms with Gasteiger partial charge in [0.25, 0.3) is 10.0 Å². The van der Waals surface area contributed by atoms with Crippen molar-refractivity contribution in [3.8, 4) is 5.75 Å². The van der Waals surface area contributed by atoms with Crippen LogP contribution < -0.4 is 14.4 Å². The molecule has 32 heavy (non-hydrogen) atoms. The monoisotopic (exact) mass is 452 g/mol. The van der Waals surface area contributed by atoms with Crippen LogP contribution >= 0.6 is 0 Å². The van der Waals surface area contributed by atoms with E-state index in [0.717, 1.165) is 26.6 Å². The van der Waals surface area contributed by atoms with E-state index in [1.165, 1.54) is 7.11 Å². The van der Waals surface area contributed by atoms with Crippen molar-refractivity contribution < 1.29 is 17.9 Å². The molecule has 0 aliphatic carbocycles. The molecule has 6 nitrogen and oxygen atoms in total. The zero-order valence-electron chi connectivity index (χ0n) is 19.0. The van der Waals surface area contributed by atoms with Crippen LogP contribution in [0.3, 0.4) is 0 Å². The summed E-state index contributed by atoms with van der Waals surface area (Å²) in [4.78, 5) is 12.9. The molecule has 0 aliphatic heterocycles. The average molecular weight is 453 g/mol. The Morgan fingerprint density at radius 2 is 1.62 bits per heavy atom. The van der Waals surface area contributed by atoms with Crippen LogP contribution in [-0.4, -0.2) is 28.0 Å². The molecule has 7 heteroatoms. The van der Waals surface area contributed by atoms with E-state index >= 15 is 0 Å². The van der Waals surface area contributed by atoms with Gasteiger partial charge in [-0.25, -0.2) is 8.42 Å². The molecular formula is C25H28N2O4S. The normalized spacial score (nSPS) is 11.2. The number of benzene rings is 3. The third-order valence-corrected chi connectivity index (χ3v) is 7.05. The standard InChI is InChI=1S/C25H28N2O4S/c1-17-7-6-8-21(13-17)26-25(28)16-27(22-11-10-19(3)20(4)15-22)32(29,30)24-14-18(2)9-12-23(24)31-5/h6-15H,16H2,1-5H3,(H,26,28). The summed E-state index contributed by atoms with van der Waals surface area (Å²) in [5.41, 5.74) is 4.75. The molecule has 0 fully saturated rings. The number of nitrogens with one attached hydrogen (secondary N) is 1. The molecule has 3 aromatic rings. The zero-order chi connectivity index (χ0) is 23.5. The first-order chi connectivity index (χ1) is 15.1. The quantitative estimate of drug-likeness (QED) is 0.561. The van der Waals surface area contributed by atoms with Crippen molar-refractivity contribution in [1.82, 2.24) is 0 Å². The SMILES string of the molecule is COc1ccc(C)cc1S(=O)(=O)N(CC(=O)Nc1cccc(C)c1)c1ccc(C)c(C)c1. The van der Waals surface area contributed by atoms with Gasteiger partial charge >= 0.3 is 0 Å². The fraction of sp³-hybridized carbons (Fsp3) is 0.240. The molecule has 0 atom stereocenters. The molecule has 3 rings (SSSR count). The van der Waals surface area contributed by atoms with E-state index in [9.17, 15) is 13.2 Å². The highest BCUT2D eigenvalue weighted by molar-refractivity contribution is 7.93. The topological polar surface area (TPSA) is 75.7 Å². The van der Waals surface area contributed by atoms with E-state index in [0.29, 0.717) is 11.4 Å². The molecule has 0 aromatic heterocycles. The van der Waals surface area contributed by atoms with E-state index in [1.807, 2.05) is 52.0 Å². The number of carbonyl (C=O) groups excluding carboxylic acids is 1. The minimum atomic E-state index is -4.10. The highest BCUT2D eigenvalue weighted by Gasteiger charge is 2.30. The fourth-order valence-corrected chi connectivity index (χ4v) is 5.01. The molecule has 0 saturated heterocycles. The molecule has 0 bridgehead atoms. The van der Waals surface area contributed by atoms with Gasteiger partial charge in [0.1, 0.15) is 17.2 Å². The van der Waals surface area contributed by atoms with E-state index in [-0.39, 0.29) is 17.2 Å². The van der Waals surface area contributed by atoms with Crippen LogP contribution in [0.5, 0.6) is 5.75 Å². The molecule has 168 valence electrons. The summed E-state index contributed by atoms with van der Waals surface area (Å²) >= 11 is 0. The number of hydrogen-bond acceptors (Lipinski definition) is 4. The van der Waals surface area contributed by atoms with Crippen molar-refractivity contribution in [3.05, 3.63) is 82.9 Å². The zero-order valence-corrected chi connectivity index (χ0v) is 19.8. The highest BCUT2D eigenvalue weighted by Crippen LogP contribution is 2.31. The summed E-state index contributed by atoms with van der Waals surface area (Å²) < 4.78 is 34.0. The number of sulfonamides is 1. The van der Waals surface area contributed by atoms with Crippen LogP contribution in [0.1, 0.15) is 22.3 Å². The van der Waals surface area contributed by atoms with E-state index in [4.69, 9.17) is 4.74 Å². The number of aryl methyl sites for hydroxylation is 4. The maximum atomic E-state index is 13.8. The second kappa shape index (κ2) is 9.44. The Balaban J connectivity index is 2.05. The van der Waals surface area contributed by atoms with Gasteiger partial charge in [-0.05, 0) is 86.3 Å². The molecule has 0 heterocycles. The number of hydrogen-bond donors (Lipinski definition) is 1. The third-order valence-electron chi connectivity index (χ3n) is 5.25.